The summed E-state index contributed by atoms with van der Waals surface area (Å²) in [6.07, 6.45) is 0.770. The van der Waals surface area contributed by atoms with Crippen LogP contribution in [0.5, 0.6) is 0 Å². The lowest BCUT2D eigenvalue weighted by atomic mass is 9.95. The maximum absolute atomic E-state index is 10.7. The van der Waals surface area contributed by atoms with E-state index in [2.05, 4.69) is 48.4 Å². The Balaban J connectivity index is 2.27. The maximum Gasteiger partial charge on any atom is 0.207 e. The fourth-order valence-corrected chi connectivity index (χ4v) is 2.98. The van der Waals surface area contributed by atoms with Gasteiger partial charge in [0.25, 0.3) is 0 Å². The number of aryl methyl sites for hydroxylation is 1. The van der Waals surface area contributed by atoms with Crippen molar-refractivity contribution in [2.24, 2.45) is 5.92 Å². The number of carbonyl (C=O) groups excluding carboxylic acids is 1. The maximum atomic E-state index is 10.7. The molecule has 0 saturated carbocycles. The molecule has 2 aromatic rings. The molecule has 1 N–H and O–H groups in total. The molecule has 0 aliphatic rings. The third-order valence-corrected chi connectivity index (χ3v) is 4.17. The van der Waals surface area contributed by atoms with Gasteiger partial charge in [0.1, 0.15) is 0 Å². The van der Waals surface area contributed by atoms with Gasteiger partial charge in [-0.1, -0.05) is 38.1 Å². The number of carbonyl (C=O) groups is 1. The van der Waals surface area contributed by atoms with E-state index in [-0.39, 0.29) is 6.04 Å². The summed E-state index contributed by atoms with van der Waals surface area (Å²) in [4.78, 5) is 16.1. The van der Waals surface area contributed by atoms with Crippen molar-refractivity contribution in [2.75, 3.05) is 0 Å². The number of rotatable bonds is 5. The van der Waals surface area contributed by atoms with Crippen LogP contribution in [0.4, 0.5) is 0 Å². The molecular weight excluding hydrogens is 256 g/mol. The van der Waals surface area contributed by atoms with Crippen LogP contribution in [0.15, 0.2) is 29.8 Å². The lowest BCUT2D eigenvalue weighted by molar-refractivity contribution is -0.110. The standard InChI is InChI=1S/C15H18N2OS/c1-10(2)14(16-8-18)12-4-6-13(7-5-12)15-11(3)17-9-19-15/h4-10,14H,1-3H3,(H,16,18). The van der Waals surface area contributed by atoms with Crippen LogP contribution >= 0.6 is 11.3 Å². The number of thiazole rings is 1. The van der Waals surface area contributed by atoms with Crippen LogP contribution in [0.1, 0.15) is 31.1 Å². The molecule has 0 radical (unpaired) electrons. The molecule has 19 heavy (non-hydrogen) atoms. The topological polar surface area (TPSA) is 42.0 Å². The van der Waals surface area contributed by atoms with Crippen LogP contribution in [0.2, 0.25) is 0 Å². The summed E-state index contributed by atoms with van der Waals surface area (Å²) in [6.45, 7) is 6.22. The fraction of sp³-hybridized carbons (Fsp3) is 0.333. The van der Waals surface area contributed by atoms with E-state index in [1.165, 1.54) is 10.4 Å². The van der Waals surface area contributed by atoms with Crippen molar-refractivity contribution in [1.82, 2.24) is 10.3 Å². The highest BCUT2D eigenvalue weighted by Crippen LogP contribution is 2.29. The highest BCUT2D eigenvalue weighted by Gasteiger charge is 2.15. The van der Waals surface area contributed by atoms with Gasteiger partial charge in [-0.2, -0.15) is 0 Å². The van der Waals surface area contributed by atoms with Crippen LogP contribution in [-0.4, -0.2) is 11.4 Å². The van der Waals surface area contributed by atoms with Crippen LogP contribution < -0.4 is 5.32 Å². The molecule has 0 bridgehead atoms. The number of aromatic nitrogens is 1. The van der Waals surface area contributed by atoms with Gasteiger partial charge in [0.15, 0.2) is 0 Å². The normalized spacial score (nSPS) is 12.4. The van der Waals surface area contributed by atoms with E-state index in [0.717, 1.165) is 17.7 Å². The summed E-state index contributed by atoms with van der Waals surface area (Å²) in [5.74, 6) is 0.362. The first kappa shape index (κ1) is 13.7. The number of hydrogen-bond donors (Lipinski definition) is 1. The van der Waals surface area contributed by atoms with Crippen molar-refractivity contribution in [3.8, 4) is 10.4 Å². The van der Waals surface area contributed by atoms with Crippen LogP contribution in [0.25, 0.3) is 10.4 Å². The van der Waals surface area contributed by atoms with Gasteiger partial charge in [-0.15, -0.1) is 11.3 Å². The summed E-state index contributed by atoms with van der Waals surface area (Å²) in [7, 11) is 0. The predicted molar refractivity (Wildman–Crippen MR) is 79.1 cm³/mol. The van der Waals surface area contributed by atoms with Gasteiger partial charge in [0.05, 0.1) is 22.1 Å². The molecule has 4 heteroatoms. The molecule has 3 nitrogen and oxygen atoms in total. The second kappa shape index (κ2) is 5.97. The molecule has 1 atom stereocenters. The van der Waals surface area contributed by atoms with E-state index in [1.807, 2.05) is 12.4 Å². The molecule has 0 aliphatic carbocycles. The van der Waals surface area contributed by atoms with Crippen molar-refractivity contribution in [3.05, 3.63) is 41.0 Å². The molecule has 0 aliphatic heterocycles. The second-order valence-corrected chi connectivity index (χ2v) is 5.75. The van der Waals surface area contributed by atoms with E-state index < -0.39 is 0 Å². The minimum Gasteiger partial charge on any atom is -0.352 e. The zero-order valence-corrected chi connectivity index (χ0v) is 12.2. The first-order valence-electron chi connectivity index (χ1n) is 6.33. The third-order valence-electron chi connectivity index (χ3n) is 3.19. The minimum atomic E-state index is 0.0640. The summed E-state index contributed by atoms with van der Waals surface area (Å²) >= 11 is 1.65. The Morgan fingerprint density at radius 1 is 1.26 bits per heavy atom. The fourth-order valence-electron chi connectivity index (χ4n) is 2.17. The highest BCUT2D eigenvalue weighted by atomic mass is 32.1. The van der Waals surface area contributed by atoms with Crippen molar-refractivity contribution >= 4 is 17.7 Å². The lowest BCUT2D eigenvalue weighted by Gasteiger charge is -2.20. The molecule has 1 heterocycles. The first-order valence-corrected chi connectivity index (χ1v) is 7.21. The number of amides is 1. The number of nitrogens with one attached hydrogen (secondary N) is 1. The quantitative estimate of drug-likeness (QED) is 0.847. The third kappa shape index (κ3) is 3.01. The highest BCUT2D eigenvalue weighted by molar-refractivity contribution is 7.13. The average molecular weight is 274 g/mol. The number of nitrogens with zero attached hydrogens (tertiary/aromatic N) is 1. The van der Waals surface area contributed by atoms with Crippen molar-refractivity contribution in [1.29, 1.82) is 0 Å². The van der Waals surface area contributed by atoms with Crippen LogP contribution in [-0.2, 0) is 4.79 Å². The van der Waals surface area contributed by atoms with Gasteiger partial charge in [-0.05, 0) is 24.0 Å². The van der Waals surface area contributed by atoms with Gasteiger partial charge in [0.2, 0.25) is 6.41 Å². The smallest absolute Gasteiger partial charge is 0.207 e. The summed E-state index contributed by atoms with van der Waals surface area (Å²) < 4.78 is 0. The molecule has 2 rings (SSSR count). The van der Waals surface area contributed by atoms with Crippen molar-refractivity contribution in [3.63, 3.8) is 0 Å². The van der Waals surface area contributed by atoms with Crippen molar-refractivity contribution in [2.45, 2.75) is 26.8 Å². The van der Waals surface area contributed by atoms with Gasteiger partial charge >= 0.3 is 0 Å². The molecule has 1 unspecified atom stereocenters. The van der Waals surface area contributed by atoms with Gasteiger partial charge in [-0.3, -0.25) is 4.79 Å². The molecule has 0 fully saturated rings. The molecule has 0 spiro atoms. The Kier molecular flexibility index (Phi) is 4.32. The van der Waals surface area contributed by atoms with E-state index in [4.69, 9.17) is 0 Å². The van der Waals surface area contributed by atoms with Crippen LogP contribution in [0.3, 0.4) is 0 Å². The molecule has 1 aromatic heterocycles. The summed E-state index contributed by atoms with van der Waals surface area (Å²) in [6, 6.07) is 8.41. The van der Waals surface area contributed by atoms with Crippen molar-refractivity contribution < 1.29 is 4.79 Å². The molecule has 1 amide bonds. The van der Waals surface area contributed by atoms with E-state index in [9.17, 15) is 4.79 Å². The van der Waals surface area contributed by atoms with Crippen LogP contribution in [0, 0.1) is 12.8 Å². The predicted octanol–water partition coefficient (Wildman–Crippen LogP) is 3.56. The lowest BCUT2D eigenvalue weighted by Crippen LogP contribution is -2.24. The first-order chi connectivity index (χ1) is 9.13. The minimum absolute atomic E-state index is 0.0640. The Bertz CT molecular complexity index is 546. The molecule has 0 saturated heterocycles. The Hall–Kier alpha value is -1.68. The largest absolute Gasteiger partial charge is 0.352 e. The average Bonchev–Trinajstić information content (AvgIpc) is 2.82. The van der Waals surface area contributed by atoms with Gasteiger partial charge < -0.3 is 5.32 Å². The zero-order valence-electron chi connectivity index (χ0n) is 11.4. The van der Waals surface area contributed by atoms with Gasteiger partial charge in [-0.25, -0.2) is 4.98 Å². The Morgan fingerprint density at radius 2 is 1.95 bits per heavy atom. The Labute approximate surface area is 117 Å². The van der Waals surface area contributed by atoms with E-state index in [1.54, 1.807) is 11.3 Å². The Morgan fingerprint density at radius 3 is 2.42 bits per heavy atom. The molecule has 100 valence electrons. The SMILES string of the molecule is Cc1ncsc1-c1ccc(C(NC=O)C(C)C)cc1. The molecular formula is C15H18N2OS. The van der Waals surface area contributed by atoms with E-state index >= 15 is 0 Å². The second-order valence-electron chi connectivity index (χ2n) is 4.90. The number of benzene rings is 1. The zero-order chi connectivity index (χ0) is 13.8. The summed E-state index contributed by atoms with van der Waals surface area (Å²) in [5, 5.41) is 2.87. The van der Waals surface area contributed by atoms with Gasteiger partial charge in [0, 0.05) is 0 Å². The molecule has 1 aromatic carbocycles. The monoisotopic (exact) mass is 274 g/mol. The summed E-state index contributed by atoms with van der Waals surface area (Å²) in [5.41, 5.74) is 5.23. The van der Waals surface area contributed by atoms with E-state index in [0.29, 0.717) is 5.92 Å². The number of hydrogen-bond acceptors (Lipinski definition) is 3.